The molecule has 0 fully saturated rings. The van der Waals surface area contributed by atoms with Gasteiger partial charge in [0.05, 0.1) is 10.4 Å². The molecule has 3 nitrogen and oxygen atoms in total. The van der Waals surface area contributed by atoms with E-state index in [-0.39, 0.29) is 17.9 Å². The van der Waals surface area contributed by atoms with E-state index in [0.717, 1.165) is 0 Å². The van der Waals surface area contributed by atoms with E-state index < -0.39 is 23.4 Å². The van der Waals surface area contributed by atoms with Crippen LogP contribution >= 0.6 is 11.3 Å². The normalized spacial score (nSPS) is 9.90. The highest BCUT2D eigenvalue weighted by atomic mass is 32.1. The number of halogens is 3. The Bertz CT molecular complexity index is 723. The van der Waals surface area contributed by atoms with Gasteiger partial charge in [0.1, 0.15) is 6.61 Å². The molecule has 0 saturated carbocycles. The maximum Gasteiger partial charge on any atom is 0.256 e. The van der Waals surface area contributed by atoms with Gasteiger partial charge in [0.25, 0.3) is 5.91 Å². The molecule has 1 aromatic carbocycles. The summed E-state index contributed by atoms with van der Waals surface area (Å²) in [4.78, 5) is 12.4. The maximum absolute atomic E-state index is 13.0. The lowest BCUT2D eigenvalue weighted by atomic mass is 10.2. The summed E-state index contributed by atoms with van der Waals surface area (Å²) in [5.74, 6) is 0.0953. The fourth-order valence-corrected chi connectivity index (χ4v) is 2.23. The molecule has 0 radical (unpaired) electrons. The highest BCUT2D eigenvalue weighted by Crippen LogP contribution is 2.19. The number of aliphatic hydroxyl groups excluding tert-OH is 1. The van der Waals surface area contributed by atoms with Crippen LogP contribution in [0.3, 0.4) is 0 Å². The van der Waals surface area contributed by atoms with Gasteiger partial charge < -0.3 is 10.4 Å². The molecule has 0 aliphatic rings. The fraction of sp³-hybridized carbons (Fsp3) is 0.0714. The first-order valence-electron chi connectivity index (χ1n) is 5.65. The van der Waals surface area contributed by atoms with Crippen molar-refractivity contribution in [3.63, 3.8) is 0 Å². The first kappa shape index (κ1) is 15.1. The van der Waals surface area contributed by atoms with Gasteiger partial charge in [-0.2, -0.15) is 0 Å². The van der Waals surface area contributed by atoms with E-state index in [2.05, 4.69) is 17.2 Å². The summed E-state index contributed by atoms with van der Waals surface area (Å²) in [6, 6.07) is 2.85. The summed E-state index contributed by atoms with van der Waals surface area (Å²) in [5.41, 5.74) is 0.0537. The third-order valence-electron chi connectivity index (χ3n) is 2.39. The zero-order chi connectivity index (χ0) is 15.4. The molecular formula is C14H8F3NO2S. The molecule has 2 aromatic rings. The van der Waals surface area contributed by atoms with Crippen molar-refractivity contribution in [3.8, 4) is 11.8 Å². The average Bonchev–Trinajstić information content (AvgIpc) is 2.91. The van der Waals surface area contributed by atoms with Crippen LogP contribution in [0.4, 0.5) is 18.9 Å². The SMILES string of the molecule is O=C(Nc1cc(F)c(F)c(F)c1)c1csc(C#CCO)c1. The summed E-state index contributed by atoms with van der Waals surface area (Å²) >= 11 is 1.18. The largest absolute Gasteiger partial charge is 0.384 e. The molecule has 1 aromatic heterocycles. The van der Waals surface area contributed by atoms with Gasteiger partial charge in [-0.3, -0.25) is 4.79 Å². The van der Waals surface area contributed by atoms with Crippen LogP contribution in [0.1, 0.15) is 15.2 Å². The molecule has 1 heterocycles. The number of nitrogens with one attached hydrogen (secondary N) is 1. The topological polar surface area (TPSA) is 49.3 Å². The molecular weight excluding hydrogens is 303 g/mol. The average molecular weight is 311 g/mol. The van der Waals surface area contributed by atoms with Gasteiger partial charge in [-0.1, -0.05) is 11.8 Å². The Labute approximate surface area is 122 Å². The number of benzene rings is 1. The van der Waals surface area contributed by atoms with Crippen molar-refractivity contribution in [1.29, 1.82) is 0 Å². The lowest BCUT2D eigenvalue weighted by molar-refractivity contribution is 0.102. The number of hydrogen-bond donors (Lipinski definition) is 2. The van der Waals surface area contributed by atoms with Crippen molar-refractivity contribution in [2.24, 2.45) is 0 Å². The van der Waals surface area contributed by atoms with Crippen LogP contribution in [0.5, 0.6) is 0 Å². The van der Waals surface area contributed by atoms with Crippen molar-refractivity contribution < 1.29 is 23.1 Å². The highest BCUT2D eigenvalue weighted by molar-refractivity contribution is 7.10. The standard InChI is InChI=1S/C14H8F3NO2S/c15-11-5-9(6-12(16)13(11)17)18-14(20)8-4-10(21-7-8)2-1-3-19/h4-7,19H,3H2,(H,18,20). The summed E-state index contributed by atoms with van der Waals surface area (Å²) in [6.45, 7) is -0.298. The van der Waals surface area contributed by atoms with E-state index >= 15 is 0 Å². The second kappa shape index (κ2) is 6.43. The van der Waals surface area contributed by atoms with Gasteiger partial charge in [-0.25, -0.2) is 13.2 Å². The number of anilines is 1. The second-order valence-corrected chi connectivity index (χ2v) is 4.78. The van der Waals surface area contributed by atoms with Crippen molar-refractivity contribution in [2.45, 2.75) is 0 Å². The lowest BCUT2D eigenvalue weighted by Crippen LogP contribution is -2.11. The molecule has 0 spiro atoms. The van der Waals surface area contributed by atoms with Gasteiger partial charge in [0, 0.05) is 23.2 Å². The van der Waals surface area contributed by atoms with Crippen molar-refractivity contribution >= 4 is 22.9 Å². The van der Waals surface area contributed by atoms with Crippen LogP contribution in [-0.2, 0) is 0 Å². The summed E-state index contributed by atoms with van der Waals surface area (Å²) < 4.78 is 38.9. The van der Waals surface area contributed by atoms with Crippen molar-refractivity contribution in [3.05, 3.63) is 51.5 Å². The third kappa shape index (κ3) is 3.62. The quantitative estimate of drug-likeness (QED) is 0.662. The molecule has 0 atom stereocenters. The van der Waals surface area contributed by atoms with Gasteiger partial charge in [-0.05, 0) is 6.07 Å². The molecule has 2 rings (SSSR count). The number of amides is 1. The minimum Gasteiger partial charge on any atom is -0.384 e. The summed E-state index contributed by atoms with van der Waals surface area (Å²) in [6.07, 6.45) is 0. The Morgan fingerprint density at radius 1 is 1.24 bits per heavy atom. The van der Waals surface area contributed by atoms with Crippen LogP contribution in [0.2, 0.25) is 0 Å². The number of aliphatic hydroxyl groups is 1. The van der Waals surface area contributed by atoms with Crippen LogP contribution in [0, 0.1) is 29.3 Å². The van der Waals surface area contributed by atoms with Gasteiger partial charge in [0.2, 0.25) is 0 Å². The van der Waals surface area contributed by atoms with Crippen molar-refractivity contribution in [2.75, 3.05) is 11.9 Å². The number of thiophene rings is 1. The summed E-state index contributed by atoms with van der Waals surface area (Å²) in [7, 11) is 0. The van der Waals surface area contributed by atoms with E-state index in [1.807, 2.05) is 0 Å². The number of carbonyl (C=O) groups is 1. The molecule has 7 heteroatoms. The Morgan fingerprint density at radius 3 is 2.52 bits per heavy atom. The number of carbonyl (C=O) groups excluding carboxylic acids is 1. The number of hydrogen-bond acceptors (Lipinski definition) is 3. The van der Waals surface area contributed by atoms with E-state index in [1.165, 1.54) is 22.8 Å². The van der Waals surface area contributed by atoms with Crippen LogP contribution in [-0.4, -0.2) is 17.6 Å². The predicted molar refractivity (Wildman–Crippen MR) is 72.6 cm³/mol. The molecule has 2 N–H and O–H groups in total. The number of rotatable bonds is 2. The summed E-state index contributed by atoms with van der Waals surface area (Å²) in [5, 5.41) is 12.3. The smallest absolute Gasteiger partial charge is 0.256 e. The zero-order valence-corrected chi connectivity index (χ0v) is 11.2. The van der Waals surface area contributed by atoms with Crippen molar-refractivity contribution in [1.82, 2.24) is 0 Å². The molecule has 1 amide bonds. The zero-order valence-electron chi connectivity index (χ0n) is 10.4. The predicted octanol–water partition coefficient (Wildman–Crippen LogP) is 2.76. The molecule has 108 valence electrons. The van der Waals surface area contributed by atoms with E-state index in [0.29, 0.717) is 17.0 Å². The molecule has 0 aliphatic heterocycles. The Morgan fingerprint density at radius 2 is 1.90 bits per heavy atom. The molecule has 0 bridgehead atoms. The minimum absolute atomic E-state index is 0.189. The van der Waals surface area contributed by atoms with E-state index in [1.54, 1.807) is 0 Å². The van der Waals surface area contributed by atoms with Gasteiger partial charge in [-0.15, -0.1) is 11.3 Å². The molecule has 21 heavy (non-hydrogen) atoms. The van der Waals surface area contributed by atoms with Crippen LogP contribution in [0.25, 0.3) is 0 Å². The maximum atomic E-state index is 13.0. The monoisotopic (exact) mass is 311 g/mol. The molecule has 0 aliphatic carbocycles. The molecule has 0 unspecified atom stereocenters. The third-order valence-corrected chi connectivity index (χ3v) is 3.24. The molecule has 0 saturated heterocycles. The Balaban J connectivity index is 2.16. The lowest BCUT2D eigenvalue weighted by Gasteiger charge is -2.05. The highest BCUT2D eigenvalue weighted by Gasteiger charge is 2.13. The second-order valence-electron chi connectivity index (χ2n) is 3.87. The van der Waals surface area contributed by atoms with Gasteiger partial charge >= 0.3 is 0 Å². The minimum atomic E-state index is -1.59. The Kier molecular flexibility index (Phi) is 4.62. The van der Waals surface area contributed by atoms with Crippen LogP contribution < -0.4 is 5.32 Å². The Hall–Kier alpha value is -2.30. The van der Waals surface area contributed by atoms with Crippen LogP contribution in [0.15, 0.2) is 23.6 Å². The first-order valence-corrected chi connectivity index (χ1v) is 6.53. The van der Waals surface area contributed by atoms with Gasteiger partial charge in [0.15, 0.2) is 17.5 Å². The first-order chi connectivity index (χ1) is 10.0. The fourth-order valence-electron chi connectivity index (χ4n) is 1.48. The van der Waals surface area contributed by atoms with E-state index in [9.17, 15) is 18.0 Å². The van der Waals surface area contributed by atoms with E-state index in [4.69, 9.17) is 5.11 Å².